The predicted molar refractivity (Wildman–Crippen MR) is 73.3 cm³/mol. The van der Waals surface area contributed by atoms with Crippen molar-refractivity contribution >= 4 is 16.1 Å². The topological polar surface area (TPSA) is 60.4 Å². The van der Waals surface area contributed by atoms with Crippen LogP contribution in [-0.2, 0) is 9.84 Å². The lowest BCUT2D eigenvalue weighted by Crippen LogP contribution is -2.33. The highest BCUT2D eigenvalue weighted by Crippen LogP contribution is 2.30. The van der Waals surface area contributed by atoms with E-state index >= 15 is 0 Å². The fourth-order valence-corrected chi connectivity index (χ4v) is 3.67. The standard InChI is InChI=1S/C14H17FO4S/c1-20(17,18)12-6-3-5-11(8-12)19-14-10(9-16)4-2-7-13(14)15/h2,4,7,9,11-12H,3,5-6,8H2,1H3. The Kier molecular flexibility index (Phi) is 4.42. The molecule has 0 bridgehead atoms. The molecule has 2 rings (SSSR count). The second kappa shape index (κ2) is 5.91. The van der Waals surface area contributed by atoms with Gasteiger partial charge in [0, 0.05) is 12.7 Å². The summed E-state index contributed by atoms with van der Waals surface area (Å²) in [6.45, 7) is 0. The van der Waals surface area contributed by atoms with Crippen molar-refractivity contribution in [2.24, 2.45) is 0 Å². The van der Waals surface area contributed by atoms with Gasteiger partial charge in [0.05, 0.1) is 10.8 Å². The van der Waals surface area contributed by atoms with Crippen LogP contribution in [0.5, 0.6) is 5.75 Å². The second-order valence-corrected chi connectivity index (χ2v) is 7.46. The van der Waals surface area contributed by atoms with Gasteiger partial charge in [0.15, 0.2) is 17.9 Å². The number of ether oxygens (including phenoxy) is 1. The largest absolute Gasteiger partial charge is 0.487 e. The van der Waals surface area contributed by atoms with Crippen molar-refractivity contribution in [3.8, 4) is 5.75 Å². The van der Waals surface area contributed by atoms with E-state index in [0.29, 0.717) is 32.0 Å². The molecule has 6 heteroatoms. The van der Waals surface area contributed by atoms with Crippen LogP contribution in [0, 0.1) is 5.82 Å². The molecule has 0 radical (unpaired) electrons. The summed E-state index contributed by atoms with van der Waals surface area (Å²) in [6.07, 6.45) is 3.70. The Labute approximate surface area is 117 Å². The summed E-state index contributed by atoms with van der Waals surface area (Å²) in [4.78, 5) is 10.9. The second-order valence-electron chi connectivity index (χ2n) is 5.13. The van der Waals surface area contributed by atoms with Crippen LogP contribution >= 0.6 is 0 Å². The van der Waals surface area contributed by atoms with Gasteiger partial charge in [-0.25, -0.2) is 12.8 Å². The van der Waals surface area contributed by atoms with Crippen molar-refractivity contribution in [2.75, 3.05) is 6.26 Å². The number of sulfone groups is 1. The molecule has 2 unspecified atom stereocenters. The Morgan fingerprint density at radius 2 is 2.10 bits per heavy atom. The zero-order valence-corrected chi connectivity index (χ0v) is 12.0. The van der Waals surface area contributed by atoms with E-state index in [4.69, 9.17) is 4.74 Å². The molecule has 110 valence electrons. The molecule has 0 spiro atoms. The summed E-state index contributed by atoms with van der Waals surface area (Å²) < 4.78 is 42.5. The van der Waals surface area contributed by atoms with Gasteiger partial charge in [-0.05, 0) is 31.4 Å². The summed E-state index contributed by atoms with van der Waals surface area (Å²) in [5.74, 6) is -0.683. The number of rotatable bonds is 4. The molecular weight excluding hydrogens is 283 g/mol. The number of halogens is 1. The first kappa shape index (κ1) is 15.0. The van der Waals surface area contributed by atoms with Gasteiger partial charge >= 0.3 is 0 Å². The van der Waals surface area contributed by atoms with Crippen LogP contribution in [0.25, 0.3) is 0 Å². The van der Waals surface area contributed by atoms with Gasteiger partial charge in [-0.2, -0.15) is 0 Å². The van der Waals surface area contributed by atoms with Gasteiger partial charge in [0.1, 0.15) is 15.9 Å². The van der Waals surface area contributed by atoms with Crippen LogP contribution in [-0.4, -0.2) is 32.3 Å². The minimum Gasteiger partial charge on any atom is -0.487 e. The van der Waals surface area contributed by atoms with Crippen molar-refractivity contribution in [1.82, 2.24) is 0 Å². The van der Waals surface area contributed by atoms with Crippen LogP contribution in [0.3, 0.4) is 0 Å². The van der Waals surface area contributed by atoms with E-state index in [2.05, 4.69) is 0 Å². The Hall–Kier alpha value is -1.43. The van der Waals surface area contributed by atoms with Gasteiger partial charge in [-0.15, -0.1) is 0 Å². The van der Waals surface area contributed by atoms with Crippen molar-refractivity contribution < 1.29 is 22.3 Å². The summed E-state index contributed by atoms with van der Waals surface area (Å²) >= 11 is 0. The number of benzene rings is 1. The maximum absolute atomic E-state index is 13.7. The maximum Gasteiger partial charge on any atom is 0.165 e. The molecule has 0 amide bonds. The van der Waals surface area contributed by atoms with E-state index in [1.165, 1.54) is 24.5 Å². The minimum atomic E-state index is -3.12. The number of carbonyl (C=O) groups excluding carboxylic acids is 1. The molecular formula is C14H17FO4S. The number of carbonyl (C=O) groups is 1. The van der Waals surface area contributed by atoms with E-state index in [9.17, 15) is 17.6 Å². The maximum atomic E-state index is 13.7. The molecule has 0 saturated heterocycles. The predicted octanol–water partition coefficient (Wildman–Crippen LogP) is 2.37. The van der Waals surface area contributed by atoms with Crippen LogP contribution < -0.4 is 4.74 Å². The molecule has 0 aliphatic heterocycles. The molecule has 1 aromatic rings. The molecule has 1 saturated carbocycles. The fourth-order valence-electron chi connectivity index (χ4n) is 2.51. The highest BCUT2D eigenvalue weighted by molar-refractivity contribution is 7.91. The molecule has 0 heterocycles. The number of hydrogen-bond donors (Lipinski definition) is 0. The summed E-state index contributed by atoms with van der Waals surface area (Å²) in [6, 6.07) is 4.13. The molecule has 1 aromatic carbocycles. The van der Waals surface area contributed by atoms with Crippen LogP contribution in [0.15, 0.2) is 18.2 Å². The molecule has 2 atom stereocenters. The monoisotopic (exact) mass is 300 g/mol. The van der Waals surface area contributed by atoms with Crippen molar-refractivity contribution in [3.63, 3.8) is 0 Å². The Morgan fingerprint density at radius 3 is 2.75 bits per heavy atom. The van der Waals surface area contributed by atoms with E-state index < -0.39 is 20.9 Å². The smallest absolute Gasteiger partial charge is 0.165 e. The Morgan fingerprint density at radius 1 is 1.35 bits per heavy atom. The third-order valence-electron chi connectivity index (χ3n) is 3.59. The first-order chi connectivity index (χ1) is 9.41. The Balaban J connectivity index is 2.16. The van der Waals surface area contributed by atoms with Gasteiger partial charge in [-0.3, -0.25) is 4.79 Å². The molecule has 1 aliphatic rings. The van der Waals surface area contributed by atoms with Crippen molar-refractivity contribution in [2.45, 2.75) is 37.0 Å². The first-order valence-electron chi connectivity index (χ1n) is 6.51. The van der Waals surface area contributed by atoms with Crippen LogP contribution in [0.1, 0.15) is 36.0 Å². The average Bonchev–Trinajstić information content (AvgIpc) is 2.40. The van der Waals surface area contributed by atoms with Gasteiger partial charge < -0.3 is 4.74 Å². The van der Waals surface area contributed by atoms with Crippen molar-refractivity contribution in [3.05, 3.63) is 29.6 Å². The quantitative estimate of drug-likeness (QED) is 0.801. The van der Waals surface area contributed by atoms with E-state index in [1.807, 2.05) is 0 Å². The third-order valence-corrected chi connectivity index (χ3v) is 5.23. The van der Waals surface area contributed by atoms with E-state index in [1.54, 1.807) is 0 Å². The summed E-state index contributed by atoms with van der Waals surface area (Å²) in [7, 11) is -3.12. The zero-order valence-electron chi connectivity index (χ0n) is 11.2. The van der Waals surface area contributed by atoms with E-state index in [-0.39, 0.29) is 17.4 Å². The first-order valence-corrected chi connectivity index (χ1v) is 8.46. The molecule has 1 fully saturated rings. The lowest BCUT2D eigenvalue weighted by molar-refractivity contribution is 0.110. The van der Waals surface area contributed by atoms with Gasteiger partial charge in [0.2, 0.25) is 0 Å². The van der Waals surface area contributed by atoms with E-state index in [0.717, 1.165) is 0 Å². The molecule has 0 N–H and O–H groups in total. The number of para-hydroxylation sites is 1. The molecule has 4 nitrogen and oxygen atoms in total. The van der Waals surface area contributed by atoms with Gasteiger partial charge in [-0.1, -0.05) is 6.07 Å². The molecule has 1 aliphatic carbocycles. The SMILES string of the molecule is CS(=O)(=O)C1CCCC(Oc2c(F)cccc2C=O)C1. The lowest BCUT2D eigenvalue weighted by atomic mass is 9.97. The Bertz CT molecular complexity index is 597. The summed E-state index contributed by atoms with van der Waals surface area (Å²) in [5, 5.41) is -0.451. The third kappa shape index (κ3) is 3.36. The zero-order chi connectivity index (χ0) is 14.8. The fraction of sp³-hybridized carbons (Fsp3) is 0.500. The lowest BCUT2D eigenvalue weighted by Gasteiger charge is -2.29. The normalized spacial score (nSPS) is 23.3. The van der Waals surface area contributed by atoms with Crippen LogP contribution in [0.2, 0.25) is 0 Å². The minimum absolute atomic E-state index is 0.0818. The highest BCUT2D eigenvalue weighted by Gasteiger charge is 2.30. The number of hydrogen-bond acceptors (Lipinski definition) is 4. The highest BCUT2D eigenvalue weighted by atomic mass is 32.2. The van der Waals surface area contributed by atoms with Crippen LogP contribution in [0.4, 0.5) is 4.39 Å². The van der Waals surface area contributed by atoms with Crippen molar-refractivity contribution in [1.29, 1.82) is 0 Å². The molecule has 0 aromatic heterocycles. The average molecular weight is 300 g/mol. The molecule has 20 heavy (non-hydrogen) atoms. The number of aldehydes is 1. The van der Waals surface area contributed by atoms with Gasteiger partial charge in [0.25, 0.3) is 0 Å². The summed E-state index contributed by atoms with van der Waals surface area (Å²) in [5.41, 5.74) is 0.145.